The highest BCUT2D eigenvalue weighted by molar-refractivity contribution is 7.08. The maximum atomic E-state index is 10.5. The van der Waals surface area contributed by atoms with Crippen molar-refractivity contribution in [1.29, 1.82) is 0 Å². The standard InChI is InChI=1S/C15H23N5OS/c1-4-16-14(17-7-12-8-19-20(3)9-12)18-11-15(2,21)13-5-6-22-10-13/h5-6,8-10,21H,4,7,11H2,1-3H3,(H2,16,17,18). The lowest BCUT2D eigenvalue weighted by Crippen LogP contribution is -2.44. The molecule has 1 unspecified atom stereocenters. The van der Waals surface area contributed by atoms with Crippen LogP contribution in [0.3, 0.4) is 0 Å². The molecule has 0 saturated heterocycles. The fourth-order valence-corrected chi connectivity index (χ4v) is 2.78. The summed E-state index contributed by atoms with van der Waals surface area (Å²) >= 11 is 1.58. The van der Waals surface area contributed by atoms with Gasteiger partial charge in [0, 0.05) is 25.4 Å². The molecule has 3 N–H and O–H groups in total. The molecule has 6 nitrogen and oxygen atoms in total. The Kier molecular flexibility index (Phi) is 5.57. The number of hydrogen-bond acceptors (Lipinski definition) is 4. The van der Waals surface area contributed by atoms with Gasteiger partial charge in [0.15, 0.2) is 5.96 Å². The number of thiophene rings is 1. The molecule has 7 heteroatoms. The number of rotatable bonds is 6. The second-order valence-corrected chi connectivity index (χ2v) is 6.14. The molecule has 2 aromatic rings. The monoisotopic (exact) mass is 321 g/mol. The van der Waals surface area contributed by atoms with Gasteiger partial charge in [-0.25, -0.2) is 4.99 Å². The molecule has 22 heavy (non-hydrogen) atoms. The Morgan fingerprint density at radius 1 is 1.50 bits per heavy atom. The minimum Gasteiger partial charge on any atom is -0.384 e. The van der Waals surface area contributed by atoms with Crippen LogP contribution in [0.5, 0.6) is 0 Å². The van der Waals surface area contributed by atoms with Crippen molar-refractivity contribution in [2.45, 2.75) is 26.0 Å². The summed E-state index contributed by atoms with van der Waals surface area (Å²) < 4.78 is 1.76. The third-order valence-electron chi connectivity index (χ3n) is 3.27. The number of aliphatic imine (C=N–C) groups is 1. The molecule has 0 fully saturated rings. The second kappa shape index (κ2) is 7.42. The molecule has 0 radical (unpaired) electrons. The lowest BCUT2D eigenvalue weighted by Gasteiger charge is -2.24. The molecule has 0 aromatic carbocycles. The van der Waals surface area contributed by atoms with Gasteiger partial charge in [-0.2, -0.15) is 16.4 Å². The molecule has 0 aliphatic carbocycles. The van der Waals surface area contributed by atoms with Crippen LogP contribution in [0.2, 0.25) is 0 Å². The Morgan fingerprint density at radius 2 is 2.32 bits per heavy atom. The molecule has 1 atom stereocenters. The minimum atomic E-state index is -0.926. The molecule has 0 spiro atoms. The van der Waals surface area contributed by atoms with Crippen molar-refractivity contribution in [1.82, 2.24) is 20.4 Å². The predicted octanol–water partition coefficient (Wildman–Crippen LogP) is 1.44. The van der Waals surface area contributed by atoms with Gasteiger partial charge >= 0.3 is 0 Å². The smallest absolute Gasteiger partial charge is 0.191 e. The van der Waals surface area contributed by atoms with Crippen LogP contribution in [0, 0.1) is 0 Å². The topological polar surface area (TPSA) is 74.5 Å². The van der Waals surface area contributed by atoms with Gasteiger partial charge in [0.25, 0.3) is 0 Å². The van der Waals surface area contributed by atoms with E-state index < -0.39 is 5.60 Å². The zero-order chi connectivity index (χ0) is 16.0. The Labute approximate surface area is 134 Å². The van der Waals surface area contributed by atoms with Gasteiger partial charge in [0.1, 0.15) is 5.60 Å². The number of hydrogen-bond donors (Lipinski definition) is 3. The summed E-state index contributed by atoms with van der Waals surface area (Å²) in [4.78, 5) is 4.51. The summed E-state index contributed by atoms with van der Waals surface area (Å²) in [5.41, 5.74) is 1.03. The Balaban J connectivity index is 1.96. The first kappa shape index (κ1) is 16.5. The Hall–Kier alpha value is -1.86. The fraction of sp³-hybridized carbons (Fsp3) is 0.467. The average Bonchev–Trinajstić information content (AvgIpc) is 3.13. The normalized spacial score (nSPS) is 14.6. The Bertz CT molecular complexity index is 603. The van der Waals surface area contributed by atoms with Gasteiger partial charge in [-0.05, 0) is 36.2 Å². The third-order valence-corrected chi connectivity index (χ3v) is 3.95. The van der Waals surface area contributed by atoms with Crippen molar-refractivity contribution in [2.24, 2.45) is 12.0 Å². The molecule has 2 heterocycles. The SMILES string of the molecule is CCNC(=NCc1cnn(C)c1)NCC(C)(O)c1ccsc1. The molecule has 0 aliphatic heterocycles. The highest BCUT2D eigenvalue weighted by Crippen LogP contribution is 2.21. The molecule has 2 aromatic heterocycles. The van der Waals surface area contributed by atoms with Crippen LogP contribution >= 0.6 is 11.3 Å². The maximum Gasteiger partial charge on any atom is 0.191 e. The Morgan fingerprint density at radius 3 is 2.91 bits per heavy atom. The van der Waals surface area contributed by atoms with Gasteiger partial charge in [0.05, 0.1) is 19.3 Å². The molecule has 0 bridgehead atoms. The van der Waals surface area contributed by atoms with Crippen molar-refractivity contribution in [3.05, 3.63) is 40.3 Å². The summed E-state index contributed by atoms with van der Waals surface area (Å²) in [6, 6.07) is 1.94. The largest absolute Gasteiger partial charge is 0.384 e. The number of aryl methyl sites for hydroxylation is 1. The highest BCUT2D eigenvalue weighted by Gasteiger charge is 2.23. The lowest BCUT2D eigenvalue weighted by molar-refractivity contribution is 0.0621. The zero-order valence-electron chi connectivity index (χ0n) is 13.2. The van der Waals surface area contributed by atoms with Crippen LogP contribution in [0.25, 0.3) is 0 Å². The van der Waals surface area contributed by atoms with Gasteiger partial charge in [-0.15, -0.1) is 0 Å². The lowest BCUT2D eigenvalue weighted by atomic mass is 9.99. The van der Waals surface area contributed by atoms with Crippen LogP contribution in [0.4, 0.5) is 0 Å². The van der Waals surface area contributed by atoms with E-state index in [0.717, 1.165) is 17.7 Å². The summed E-state index contributed by atoms with van der Waals surface area (Å²) in [6.45, 7) is 5.51. The second-order valence-electron chi connectivity index (χ2n) is 5.36. The van der Waals surface area contributed by atoms with E-state index >= 15 is 0 Å². The van der Waals surface area contributed by atoms with Crippen LogP contribution in [-0.2, 0) is 19.2 Å². The van der Waals surface area contributed by atoms with Crippen molar-refractivity contribution in [3.8, 4) is 0 Å². The molecular formula is C15H23N5OS. The third kappa shape index (κ3) is 4.57. The molecule has 2 rings (SSSR count). The first-order chi connectivity index (χ1) is 10.5. The number of guanidine groups is 1. The minimum absolute atomic E-state index is 0.391. The first-order valence-electron chi connectivity index (χ1n) is 7.26. The first-order valence-corrected chi connectivity index (χ1v) is 8.20. The summed E-state index contributed by atoms with van der Waals surface area (Å²) in [7, 11) is 1.88. The van der Waals surface area contributed by atoms with Gasteiger partial charge in [-0.1, -0.05) is 0 Å². The van der Waals surface area contributed by atoms with Crippen LogP contribution in [0.15, 0.2) is 34.2 Å². The van der Waals surface area contributed by atoms with E-state index in [1.807, 2.05) is 37.0 Å². The predicted molar refractivity (Wildman–Crippen MR) is 89.9 cm³/mol. The van der Waals surface area contributed by atoms with Gasteiger partial charge < -0.3 is 15.7 Å². The van der Waals surface area contributed by atoms with Crippen molar-refractivity contribution >= 4 is 17.3 Å². The highest BCUT2D eigenvalue weighted by atomic mass is 32.1. The van der Waals surface area contributed by atoms with E-state index in [1.54, 1.807) is 29.1 Å². The van der Waals surface area contributed by atoms with Crippen LogP contribution in [0.1, 0.15) is 25.0 Å². The van der Waals surface area contributed by atoms with Gasteiger partial charge in [0.2, 0.25) is 0 Å². The number of aromatic nitrogens is 2. The van der Waals surface area contributed by atoms with E-state index in [9.17, 15) is 5.11 Å². The summed E-state index contributed by atoms with van der Waals surface area (Å²) in [5.74, 6) is 0.682. The summed E-state index contributed by atoms with van der Waals surface area (Å²) in [6.07, 6.45) is 3.74. The van der Waals surface area contributed by atoms with E-state index in [4.69, 9.17) is 0 Å². The van der Waals surface area contributed by atoms with Crippen molar-refractivity contribution < 1.29 is 5.11 Å². The zero-order valence-corrected chi connectivity index (χ0v) is 14.0. The number of aliphatic hydroxyl groups is 1. The summed E-state index contributed by atoms with van der Waals surface area (Å²) in [5, 5.41) is 25.0. The van der Waals surface area contributed by atoms with E-state index in [1.165, 1.54) is 0 Å². The fourth-order valence-electron chi connectivity index (χ4n) is 1.99. The van der Waals surface area contributed by atoms with Gasteiger partial charge in [-0.3, -0.25) is 4.68 Å². The van der Waals surface area contributed by atoms with Crippen molar-refractivity contribution in [3.63, 3.8) is 0 Å². The van der Waals surface area contributed by atoms with Crippen LogP contribution < -0.4 is 10.6 Å². The van der Waals surface area contributed by atoms with Crippen molar-refractivity contribution in [2.75, 3.05) is 13.1 Å². The van der Waals surface area contributed by atoms with E-state index in [0.29, 0.717) is 19.0 Å². The quantitative estimate of drug-likeness (QED) is 0.556. The number of nitrogens with zero attached hydrogens (tertiary/aromatic N) is 3. The molecule has 0 amide bonds. The molecule has 0 aliphatic rings. The average molecular weight is 321 g/mol. The molecule has 0 saturated carbocycles. The molecular weight excluding hydrogens is 298 g/mol. The molecule has 120 valence electrons. The van der Waals surface area contributed by atoms with E-state index in [-0.39, 0.29) is 0 Å². The maximum absolute atomic E-state index is 10.5. The van der Waals surface area contributed by atoms with Crippen LogP contribution in [-0.4, -0.2) is 33.9 Å². The van der Waals surface area contributed by atoms with E-state index in [2.05, 4.69) is 20.7 Å². The number of nitrogens with one attached hydrogen (secondary N) is 2.